The molecule has 0 aliphatic carbocycles. The van der Waals surface area contributed by atoms with E-state index in [1.807, 2.05) is 19.1 Å². The summed E-state index contributed by atoms with van der Waals surface area (Å²) < 4.78 is 0. The van der Waals surface area contributed by atoms with Crippen molar-refractivity contribution in [2.24, 2.45) is 0 Å². The molecule has 3 rings (SSSR count). The molecule has 4 heteroatoms. The van der Waals surface area contributed by atoms with Gasteiger partial charge in [0, 0.05) is 22.2 Å². The van der Waals surface area contributed by atoms with Crippen LogP contribution in [0.2, 0.25) is 0 Å². The summed E-state index contributed by atoms with van der Waals surface area (Å²) in [7, 11) is 0. The Morgan fingerprint density at radius 1 is 1.26 bits per heavy atom. The molecule has 3 aromatic rings. The Morgan fingerprint density at radius 3 is 2.89 bits per heavy atom. The molecule has 0 amide bonds. The van der Waals surface area contributed by atoms with Crippen molar-refractivity contribution in [3.8, 4) is 0 Å². The molecular formula is C15H13N3O. The summed E-state index contributed by atoms with van der Waals surface area (Å²) >= 11 is 0. The van der Waals surface area contributed by atoms with Crippen molar-refractivity contribution in [2.45, 2.75) is 6.92 Å². The van der Waals surface area contributed by atoms with E-state index >= 15 is 0 Å². The molecule has 0 fully saturated rings. The highest BCUT2D eigenvalue weighted by Crippen LogP contribution is 2.22. The number of benzene rings is 2. The summed E-state index contributed by atoms with van der Waals surface area (Å²) in [5.74, 6) is -0.0205. The molecule has 19 heavy (non-hydrogen) atoms. The van der Waals surface area contributed by atoms with Crippen LogP contribution < -0.4 is 5.73 Å². The zero-order chi connectivity index (χ0) is 13.4. The molecule has 0 saturated carbocycles. The van der Waals surface area contributed by atoms with Crippen molar-refractivity contribution in [3.63, 3.8) is 0 Å². The van der Waals surface area contributed by atoms with Crippen LogP contribution in [0.4, 0.5) is 5.69 Å². The summed E-state index contributed by atoms with van der Waals surface area (Å²) in [4.78, 5) is 12.5. The number of nitrogens with one attached hydrogen (secondary N) is 1. The SMILES string of the molecule is Cc1c(C(=O)c2cccc(N)c2)ccc2[nH]ncc12. The van der Waals surface area contributed by atoms with E-state index in [9.17, 15) is 4.79 Å². The van der Waals surface area contributed by atoms with Gasteiger partial charge in [-0.2, -0.15) is 5.10 Å². The van der Waals surface area contributed by atoms with Crippen molar-refractivity contribution in [2.75, 3.05) is 5.73 Å². The Hall–Kier alpha value is -2.62. The number of nitrogen functional groups attached to an aromatic ring is 1. The predicted octanol–water partition coefficient (Wildman–Crippen LogP) is 2.68. The topological polar surface area (TPSA) is 71.8 Å². The van der Waals surface area contributed by atoms with Crippen LogP contribution in [-0.2, 0) is 0 Å². The second-order valence-corrected chi connectivity index (χ2v) is 4.52. The molecule has 0 radical (unpaired) electrons. The Labute approximate surface area is 110 Å². The van der Waals surface area contributed by atoms with Crippen LogP contribution in [0, 0.1) is 6.92 Å². The monoisotopic (exact) mass is 251 g/mol. The summed E-state index contributed by atoms with van der Waals surface area (Å²) in [6.07, 6.45) is 1.74. The van der Waals surface area contributed by atoms with E-state index in [0.717, 1.165) is 16.5 Å². The zero-order valence-electron chi connectivity index (χ0n) is 10.5. The first-order valence-electron chi connectivity index (χ1n) is 6.00. The van der Waals surface area contributed by atoms with Crippen LogP contribution in [0.3, 0.4) is 0 Å². The number of ketones is 1. The number of hydrogen-bond acceptors (Lipinski definition) is 3. The maximum atomic E-state index is 12.5. The van der Waals surface area contributed by atoms with E-state index in [2.05, 4.69) is 10.2 Å². The lowest BCUT2D eigenvalue weighted by Crippen LogP contribution is -2.04. The fraction of sp³-hybridized carbons (Fsp3) is 0.0667. The summed E-state index contributed by atoms with van der Waals surface area (Å²) in [5.41, 5.74) is 9.45. The zero-order valence-corrected chi connectivity index (χ0v) is 10.5. The van der Waals surface area contributed by atoms with Crippen LogP contribution in [0.25, 0.3) is 10.9 Å². The summed E-state index contributed by atoms with van der Waals surface area (Å²) in [6.45, 7) is 1.93. The number of anilines is 1. The Balaban J connectivity index is 2.13. The third-order valence-electron chi connectivity index (χ3n) is 3.29. The molecule has 0 saturated heterocycles. The smallest absolute Gasteiger partial charge is 0.193 e. The summed E-state index contributed by atoms with van der Waals surface area (Å²) in [6, 6.07) is 10.7. The van der Waals surface area contributed by atoms with Gasteiger partial charge in [-0.3, -0.25) is 9.89 Å². The molecular weight excluding hydrogens is 238 g/mol. The van der Waals surface area contributed by atoms with Crippen molar-refractivity contribution < 1.29 is 4.79 Å². The predicted molar refractivity (Wildman–Crippen MR) is 75.1 cm³/mol. The first kappa shape index (κ1) is 11.5. The lowest BCUT2D eigenvalue weighted by molar-refractivity contribution is 0.103. The van der Waals surface area contributed by atoms with E-state index in [1.54, 1.807) is 30.5 Å². The number of carbonyl (C=O) groups excluding carboxylic acids is 1. The average molecular weight is 251 g/mol. The highest BCUT2D eigenvalue weighted by atomic mass is 16.1. The maximum absolute atomic E-state index is 12.5. The van der Waals surface area contributed by atoms with Gasteiger partial charge in [-0.1, -0.05) is 12.1 Å². The van der Waals surface area contributed by atoms with Crippen molar-refractivity contribution in [3.05, 3.63) is 59.3 Å². The molecule has 94 valence electrons. The van der Waals surface area contributed by atoms with E-state index in [-0.39, 0.29) is 5.78 Å². The van der Waals surface area contributed by atoms with Gasteiger partial charge in [-0.15, -0.1) is 0 Å². The minimum Gasteiger partial charge on any atom is -0.399 e. The highest BCUT2D eigenvalue weighted by molar-refractivity contribution is 6.12. The Kier molecular flexibility index (Phi) is 2.56. The Bertz CT molecular complexity index is 774. The number of nitrogens with two attached hydrogens (primary N) is 1. The molecule has 0 aliphatic rings. The third kappa shape index (κ3) is 1.87. The molecule has 0 bridgehead atoms. The lowest BCUT2D eigenvalue weighted by Gasteiger charge is -2.06. The number of carbonyl (C=O) groups is 1. The van der Waals surface area contributed by atoms with Crippen molar-refractivity contribution >= 4 is 22.4 Å². The molecule has 1 aromatic heterocycles. The minimum atomic E-state index is -0.0205. The van der Waals surface area contributed by atoms with Gasteiger partial charge in [0.2, 0.25) is 0 Å². The minimum absolute atomic E-state index is 0.0205. The Morgan fingerprint density at radius 2 is 2.11 bits per heavy atom. The lowest BCUT2D eigenvalue weighted by atomic mass is 9.97. The molecule has 3 N–H and O–H groups in total. The van der Waals surface area contributed by atoms with Gasteiger partial charge in [0.25, 0.3) is 0 Å². The molecule has 1 heterocycles. The van der Waals surface area contributed by atoms with E-state index in [0.29, 0.717) is 16.8 Å². The molecule has 0 atom stereocenters. The van der Waals surface area contributed by atoms with Crippen LogP contribution >= 0.6 is 0 Å². The maximum Gasteiger partial charge on any atom is 0.193 e. The first-order valence-corrected chi connectivity index (χ1v) is 6.00. The van der Waals surface area contributed by atoms with Crippen molar-refractivity contribution in [1.29, 1.82) is 0 Å². The fourth-order valence-corrected chi connectivity index (χ4v) is 2.24. The quantitative estimate of drug-likeness (QED) is 0.543. The first-order chi connectivity index (χ1) is 9.16. The number of fused-ring (bicyclic) bond motifs is 1. The van der Waals surface area contributed by atoms with Gasteiger partial charge in [-0.25, -0.2) is 0 Å². The van der Waals surface area contributed by atoms with Gasteiger partial charge in [-0.05, 0) is 36.8 Å². The fourth-order valence-electron chi connectivity index (χ4n) is 2.24. The van der Waals surface area contributed by atoms with Crippen LogP contribution in [-0.4, -0.2) is 16.0 Å². The van der Waals surface area contributed by atoms with Crippen molar-refractivity contribution in [1.82, 2.24) is 10.2 Å². The van der Waals surface area contributed by atoms with E-state index in [4.69, 9.17) is 5.73 Å². The summed E-state index contributed by atoms with van der Waals surface area (Å²) in [5, 5.41) is 7.85. The van der Waals surface area contributed by atoms with Crippen LogP contribution in [0.1, 0.15) is 21.5 Å². The van der Waals surface area contributed by atoms with E-state index in [1.165, 1.54) is 0 Å². The highest BCUT2D eigenvalue weighted by Gasteiger charge is 2.14. The number of aromatic amines is 1. The molecule has 0 spiro atoms. The van der Waals surface area contributed by atoms with Gasteiger partial charge in [0.1, 0.15) is 0 Å². The second-order valence-electron chi connectivity index (χ2n) is 4.52. The molecule has 0 unspecified atom stereocenters. The number of rotatable bonds is 2. The third-order valence-corrected chi connectivity index (χ3v) is 3.29. The number of hydrogen-bond donors (Lipinski definition) is 2. The normalized spacial score (nSPS) is 10.8. The van der Waals surface area contributed by atoms with Gasteiger partial charge in [0.15, 0.2) is 5.78 Å². The molecule has 4 nitrogen and oxygen atoms in total. The van der Waals surface area contributed by atoms with Gasteiger partial charge in [0.05, 0.1) is 11.7 Å². The van der Waals surface area contributed by atoms with E-state index < -0.39 is 0 Å². The number of aryl methyl sites for hydroxylation is 1. The number of aromatic nitrogens is 2. The largest absolute Gasteiger partial charge is 0.399 e. The number of H-pyrrole nitrogens is 1. The molecule has 0 aliphatic heterocycles. The average Bonchev–Trinajstić information content (AvgIpc) is 2.88. The van der Waals surface area contributed by atoms with Crippen LogP contribution in [0.5, 0.6) is 0 Å². The number of nitrogens with zero attached hydrogens (tertiary/aromatic N) is 1. The second kappa shape index (κ2) is 4.24. The van der Waals surface area contributed by atoms with Gasteiger partial charge < -0.3 is 5.73 Å². The standard InChI is InChI=1S/C15H13N3O/c1-9-12(5-6-14-13(9)8-17-18-14)15(19)10-3-2-4-11(16)7-10/h2-8H,16H2,1H3,(H,17,18). The van der Waals surface area contributed by atoms with Gasteiger partial charge >= 0.3 is 0 Å². The van der Waals surface area contributed by atoms with Crippen LogP contribution in [0.15, 0.2) is 42.6 Å². The molecule has 2 aromatic carbocycles.